The molecule has 3 amide bonds. The number of amides is 3. The number of carbonyl (C=O) groups is 3. The lowest BCUT2D eigenvalue weighted by Crippen LogP contribution is -2.46. The summed E-state index contributed by atoms with van der Waals surface area (Å²) in [6, 6.07) is 1.97. The molecule has 0 unspecified atom stereocenters. The highest BCUT2D eigenvalue weighted by Gasteiger charge is 2.37. The van der Waals surface area contributed by atoms with Crippen molar-refractivity contribution in [3.05, 3.63) is 27.9 Å². The fourth-order valence-corrected chi connectivity index (χ4v) is 3.69. The fraction of sp³-hybridized carbons (Fsp3) is 0.471. The number of aromatic nitrogens is 1. The molecule has 2 fully saturated rings. The third-order valence-electron chi connectivity index (χ3n) is 4.63. The van der Waals surface area contributed by atoms with E-state index < -0.39 is 11.1 Å². The van der Waals surface area contributed by atoms with Crippen LogP contribution >= 0.6 is 11.8 Å². The number of morpholine rings is 1. The molecule has 25 heavy (non-hydrogen) atoms. The number of carbonyl (C=O) groups excluding carboxylic acids is 3. The molecule has 2 aliphatic rings. The molecule has 0 bridgehead atoms. The van der Waals surface area contributed by atoms with Crippen LogP contribution in [-0.2, 0) is 21.4 Å². The zero-order valence-corrected chi connectivity index (χ0v) is 15.4. The fourth-order valence-electron chi connectivity index (χ4n) is 2.86. The molecule has 8 heteroatoms. The van der Waals surface area contributed by atoms with E-state index in [4.69, 9.17) is 4.74 Å². The number of aryl methyl sites for hydroxylation is 1. The van der Waals surface area contributed by atoms with Crippen LogP contribution in [0.3, 0.4) is 0 Å². The standard InChI is InChI=1S/C17H21N3O4S/c1-11-8-13(12(2)18(11)3)9-14-16(22)20(17(23)25-14)10-15(21)19-4-6-24-7-5-19/h8-9H,4-7,10H2,1-3H3/b14-9-. The van der Waals surface area contributed by atoms with E-state index in [1.807, 2.05) is 31.5 Å². The van der Waals surface area contributed by atoms with Crippen LogP contribution in [0.5, 0.6) is 0 Å². The minimum atomic E-state index is -0.405. The summed E-state index contributed by atoms with van der Waals surface area (Å²) in [5.74, 6) is -0.629. The summed E-state index contributed by atoms with van der Waals surface area (Å²) in [5, 5.41) is -0.400. The number of ether oxygens (including phenoxy) is 1. The van der Waals surface area contributed by atoms with Crippen LogP contribution in [0.15, 0.2) is 11.0 Å². The monoisotopic (exact) mass is 363 g/mol. The predicted octanol–water partition coefficient (Wildman–Crippen LogP) is 1.54. The van der Waals surface area contributed by atoms with E-state index in [0.717, 1.165) is 33.6 Å². The number of hydrogen-bond donors (Lipinski definition) is 0. The Hall–Kier alpha value is -2.06. The van der Waals surface area contributed by atoms with Gasteiger partial charge in [-0.3, -0.25) is 19.3 Å². The quantitative estimate of drug-likeness (QED) is 0.762. The Morgan fingerprint density at radius 2 is 1.96 bits per heavy atom. The molecule has 3 rings (SSSR count). The van der Waals surface area contributed by atoms with Gasteiger partial charge in [0.1, 0.15) is 6.54 Å². The Kier molecular flexibility index (Phi) is 5.01. The van der Waals surface area contributed by atoms with Crippen molar-refractivity contribution in [2.75, 3.05) is 32.8 Å². The lowest BCUT2D eigenvalue weighted by Gasteiger charge is -2.28. The summed E-state index contributed by atoms with van der Waals surface area (Å²) in [4.78, 5) is 40.1. The first kappa shape index (κ1) is 17.8. The van der Waals surface area contributed by atoms with Crippen molar-refractivity contribution in [1.82, 2.24) is 14.4 Å². The topological polar surface area (TPSA) is 71.9 Å². The number of hydrogen-bond acceptors (Lipinski definition) is 5. The highest BCUT2D eigenvalue weighted by molar-refractivity contribution is 8.18. The summed E-state index contributed by atoms with van der Waals surface area (Å²) in [6.45, 7) is 5.69. The Morgan fingerprint density at radius 3 is 2.56 bits per heavy atom. The summed E-state index contributed by atoms with van der Waals surface area (Å²) >= 11 is 0.883. The zero-order chi connectivity index (χ0) is 18.1. The maximum Gasteiger partial charge on any atom is 0.294 e. The van der Waals surface area contributed by atoms with Crippen LogP contribution in [0.4, 0.5) is 4.79 Å². The highest BCUT2D eigenvalue weighted by Crippen LogP contribution is 2.33. The van der Waals surface area contributed by atoms with E-state index >= 15 is 0 Å². The molecule has 0 spiro atoms. The van der Waals surface area contributed by atoms with Crippen molar-refractivity contribution in [3.8, 4) is 0 Å². The van der Waals surface area contributed by atoms with Crippen molar-refractivity contribution in [2.24, 2.45) is 7.05 Å². The number of nitrogens with zero attached hydrogens (tertiary/aromatic N) is 3. The molecule has 134 valence electrons. The molecular formula is C17H21N3O4S. The molecule has 0 aliphatic carbocycles. The third kappa shape index (κ3) is 3.50. The van der Waals surface area contributed by atoms with Crippen molar-refractivity contribution in [1.29, 1.82) is 0 Å². The van der Waals surface area contributed by atoms with E-state index in [1.165, 1.54) is 0 Å². The Morgan fingerprint density at radius 1 is 1.28 bits per heavy atom. The van der Waals surface area contributed by atoms with Gasteiger partial charge in [0.2, 0.25) is 5.91 Å². The SMILES string of the molecule is Cc1cc(/C=C2\SC(=O)N(CC(=O)N3CCOCC3)C2=O)c(C)n1C. The minimum absolute atomic E-state index is 0.213. The molecular weight excluding hydrogens is 342 g/mol. The van der Waals surface area contributed by atoms with Gasteiger partial charge in [0, 0.05) is 31.5 Å². The molecule has 0 radical (unpaired) electrons. The Labute approximate surface area is 150 Å². The first-order valence-corrected chi connectivity index (χ1v) is 8.94. The molecule has 2 aliphatic heterocycles. The second kappa shape index (κ2) is 7.05. The van der Waals surface area contributed by atoms with Gasteiger partial charge in [-0.2, -0.15) is 0 Å². The molecule has 1 aromatic rings. The van der Waals surface area contributed by atoms with Gasteiger partial charge in [-0.25, -0.2) is 0 Å². The number of thioether (sulfide) groups is 1. The lowest BCUT2D eigenvalue weighted by atomic mass is 10.2. The van der Waals surface area contributed by atoms with E-state index in [2.05, 4.69) is 0 Å². The van der Waals surface area contributed by atoms with Gasteiger partial charge in [0.05, 0.1) is 18.1 Å². The van der Waals surface area contributed by atoms with Gasteiger partial charge in [0.25, 0.3) is 11.1 Å². The minimum Gasteiger partial charge on any atom is -0.378 e. The molecule has 2 saturated heterocycles. The average Bonchev–Trinajstić information content (AvgIpc) is 3.00. The van der Waals surface area contributed by atoms with Crippen molar-refractivity contribution in [3.63, 3.8) is 0 Å². The molecule has 0 saturated carbocycles. The first-order chi connectivity index (χ1) is 11.9. The molecule has 0 aromatic carbocycles. The lowest BCUT2D eigenvalue weighted by molar-refractivity contribution is -0.139. The molecule has 1 aromatic heterocycles. The van der Waals surface area contributed by atoms with Crippen LogP contribution in [0.2, 0.25) is 0 Å². The Balaban J connectivity index is 1.74. The summed E-state index contributed by atoms with van der Waals surface area (Å²) in [6.07, 6.45) is 1.73. The van der Waals surface area contributed by atoms with Gasteiger partial charge in [-0.05, 0) is 43.3 Å². The Bertz CT molecular complexity index is 762. The third-order valence-corrected chi connectivity index (χ3v) is 5.54. The van der Waals surface area contributed by atoms with Crippen molar-refractivity contribution >= 4 is 34.9 Å². The highest BCUT2D eigenvalue weighted by atomic mass is 32.2. The van der Waals surface area contributed by atoms with Crippen molar-refractivity contribution in [2.45, 2.75) is 13.8 Å². The number of imide groups is 1. The van der Waals surface area contributed by atoms with E-state index in [1.54, 1.807) is 11.0 Å². The summed E-state index contributed by atoms with van der Waals surface area (Å²) in [7, 11) is 1.95. The van der Waals surface area contributed by atoms with Gasteiger partial charge in [-0.1, -0.05) is 0 Å². The van der Waals surface area contributed by atoms with Gasteiger partial charge < -0.3 is 14.2 Å². The van der Waals surface area contributed by atoms with Crippen LogP contribution in [0.1, 0.15) is 17.0 Å². The van der Waals surface area contributed by atoms with Gasteiger partial charge >= 0.3 is 0 Å². The zero-order valence-electron chi connectivity index (χ0n) is 14.6. The molecule has 7 nitrogen and oxygen atoms in total. The first-order valence-electron chi connectivity index (χ1n) is 8.12. The summed E-state index contributed by atoms with van der Waals surface area (Å²) in [5.41, 5.74) is 3.00. The van der Waals surface area contributed by atoms with Crippen molar-refractivity contribution < 1.29 is 19.1 Å². The largest absolute Gasteiger partial charge is 0.378 e. The van der Waals surface area contributed by atoms with Gasteiger partial charge in [0.15, 0.2) is 0 Å². The van der Waals surface area contributed by atoms with Crippen LogP contribution in [-0.4, -0.2) is 64.3 Å². The number of rotatable bonds is 3. The van der Waals surface area contributed by atoms with E-state index in [0.29, 0.717) is 31.2 Å². The second-order valence-corrected chi connectivity index (χ2v) is 7.14. The smallest absolute Gasteiger partial charge is 0.294 e. The summed E-state index contributed by atoms with van der Waals surface area (Å²) < 4.78 is 7.24. The second-order valence-electron chi connectivity index (χ2n) is 6.15. The van der Waals surface area contributed by atoms with Crippen LogP contribution in [0.25, 0.3) is 6.08 Å². The van der Waals surface area contributed by atoms with Gasteiger partial charge in [-0.15, -0.1) is 0 Å². The molecule has 3 heterocycles. The van der Waals surface area contributed by atoms with Crippen LogP contribution in [0, 0.1) is 13.8 Å². The average molecular weight is 363 g/mol. The van der Waals surface area contributed by atoms with E-state index in [9.17, 15) is 14.4 Å². The normalized spacial score (nSPS) is 20.0. The molecule has 0 atom stereocenters. The predicted molar refractivity (Wildman–Crippen MR) is 95.0 cm³/mol. The van der Waals surface area contributed by atoms with Crippen LogP contribution < -0.4 is 0 Å². The maximum absolute atomic E-state index is 12.6. The van der Waals surface area contributed by atoms with E-state index in [-0.39, 0.29) is 12.5 Å². The maximum atomic E-state index is 12.6. The molecule has 0 N–H and O–H groups in total.